The van der Waals surface area contributed by atoms with Crippen LogP contribution in [-0.4, -0.2) is 14.8 Å². The van der Waals surface area contributed by atoms with E-state index in [9.17, 15) is 13.2 Å². The van der Waals surface area contributed by atoms with E-state index < -0.39 is 11.7 Å². The lowest BCUT2D eigenvalue weighted by molar-refractivity contribution is -0.138. The number of aryl methyl sites for hydroxylation is 3. The van der Waals surface area contributed by atoms with Crippen LogP contribution in [0, 0.1) is 20.8 Å². The largest absolute Gasteiger partial charge is 0.416 e. The molecule has 2 heterocycles. The van der Waals surface area contributed by atoms with Crippen LogP contribution in [0.5, 0.6) is 0 Å². The number of aromatic nitrogens is 3. The molecule has 0 saturated heterocycles. The summed E-state index contributed by atoms with van der Waals surface area (Å²) in [7, 11) is 0. The van der Waals surface area contributed by atoms with Crippen LogP contribution in [0.4, 0.5) is 13.2 Å². The quantitative estimate of drug-likeness (QED) is 0.705. The van der Waals surface area contributed by atoms with Crippen LogP contribution in [-0.2, 0) is 19.3 Å². The van der Waals surface area contributed by atoms with Crippen LogP contribution in [0.25, 0.3) is 5.69 Å². The van der Waals surface area contributed by atoms with Crippen molar-refractivity contribution in [3.63, 3.8) is 0 Å². The van der Waals surface area contributed by atoms with Gasteiger partial charge in [-0.3, -0.25) is 0 Å². The van der Waals surface area contributed by atoms with Crippen LogP contribution in [0.3, 0.4) is 0 Å². The van der Waals surface area contributed by atoms with E-state index in [1.54, 1.807) is 12.3 Å². The zero-order valence-electron chi connectivity index (χ0n) is 14.7. The molecule has 0 radical (unpaired) electrons. The Morgan fingerprint density at radius 3 is 2.46 bits per heavy atom. The molecule has 4 nitrogen and oxygen atoms in total. The zero-order chi connectivity index (χ0) is 18.9. The first-order chi connectivity index (χ1) is 12.2. The summed E-state index contributed by atoms with van der Waals surface area (Å²) in [6.45, 7) is 6.15. The molecular formula is C18H19F3N4S. The van der Waals surface area contributed by atoms with Gasteiger partial charge in [-0.2, -0.15) is 18.3 Å². The number of nitrogens with one attached hydrogen (secondary N) is 1. The van der Waals surface area contributed by atoms with Crippen molar-refractivity contribution in [1.82, 2.24) is 20.1 Å². The first kappa shape index (κ1) is 18.6. The maximum absolute atomic E-state index is 13.5. The lowest BCUT2D eigenvalue weighted by atomic mass is 10.1. The highest BCUT2D eigenvalue weighted by atomic mass is 32.1. The first-order valence-electron chi connectivity index (χ1n) is 8.10. The first-order valence-corrected chi connectivity index (χ1v) is 8.91. The van der Waals surface area contributed by atoms with Crippen LogP contribution >= 0.6 is 11.3 Å². The van der Waals surface area contributed by atoms with Gasteiger partial charge in [0.05, 0.1) is 22.0 Å². The normalized spacial score (nSPS) is 11.9. The second kappa shape index (κ2) is 7.20. The van der Waals surface area contributed by atoms with E-state index in [-0.39, 0.29) is 12.1 Å². The van der Waals surface area contributed by atoms with Gasteiger partial charge in [0.15, 0.2) is 0 Å². The molecule has 0 aliphatic rings. The van der Waals surface area contributed by atoms with Crippen molar-refractivity contribution in [2.75, 3.05) is 0 Å². The molecule has 3 aromatic rings. The Hall–Kier alpha value is -2.19. The number of hydrogen-bond donors (Lipinski definition) is 1. The minimum absolute atomic E-state index is 0.128. The molecule has 0 unspecified atom stereocenters. The van der Waals surface area contributed by atoms with Crippen molar-refractivity contribution in [2.24, 2.45) is 0 Å². The van der Waals surface area contributed by atoms with E-state index in [0.29, 0.717) is 12.2 Å². The summed E-state index contributed by atoms with van der Waals surface area (Å²) in [4.78, 5) is 5.14. The lowest BCUT2D eigenvalue weighted by Crippen LogP contribution is -2.17. The third-order valence-corrected chi connectivity index (χ3v) is 4.85. The summed E-state index contributed by atoms with van der Waals surface area (Å²) in [5.41, 5.74) is 1.54. The van der Waals surface area contributed by atoms with Crippen molar-refractivity contribution < 1.29 is 13.2 Å². The minimum atomic E-state index is -4.43. The molecule has 0 bridgehead atoms. The Balaban J connectivity index is 1.84. The number of thiazole rings is 1. The number of alkyl halides is 3. The molecule has 8 heteroatoms. The van der Waals surface area contributed by atoms with Gasteiger partial charge in [-0.1, -0.05) is 6.07 Å². The van der Waals surface area contributed by atoms with Gasteiger partial charge in [-0.25, -0.2) is 9.67 Å². The van der Waals surface area contributed by atoms with Gasteiger partial charge in [-0.15, -0.1) is 11.3 Å². The van der Waals surface area contributed by atoms with E-state index in [0.717, 1.165) is 27.3 Å². The third kappa shape index (κ3) is 4.13. The summed E-state index contributed by atoms with van der Waals surface area (Å²) in [5, 5.41) is 8.27. The monoisotopic (exact) mass is 380 g/mol. The van der Waals surface area contributed by atoms with E-state index in [2.05, 4.69) is 15.4 Å². The molecular weight excluding hydrogens is 361 g/mol. The van der Waals surface area contributed by atoms with Crippen molar-refractivity contribution in [3.8, 4) is 5.69 Å². The summed E-state index contributed by atoms with van der Waals surface area (Å²) in [6, 6.07) is 6.18. The molecule has 1 aromatic carbocycles. The van der Waals surface area contributed by atoms with Crippen LogP contribution < -0.4 is 5.32 Å². The van der Waals surface area contributed by atoms with Crippen LogP contribution in [0.2, 0.25) is 0 Å². The van der Waals surface area contributed by atoms with E-state index >= 15 is 0 Å². The van der Waals surface area contributed by atoms with Gasteiger partial charge in [0.2, 0.25) is 0 Å². The van der Waals surface area contributed by atoms with Gasteiger partial charge in [-0.05, 0) is 44.5 Å². The molecule has 0 aliphatic carbocycles. The molecule has 0 fully saturated rings. The smallest absolute Gasteiger partial charge is 0.308 e. The fraction of sp³-hybridized carbons (Fsp3) is 0.333. The molecule has 3 rings (SSSR count). The third-order valence-electron chi connectivity index (χ3n) is 3.94. The van der Waals surface area contributed by atoms with Gasteiger partial charge >= 0.3 is 6.18 Å². The maximum atomic E-state index is 13.5. The zero-order valence-corrected chi connectivity index (χ0v) is 15.5. The van der Waals surface area contributed by atoms with E-state index in [1.165, 1.54) is 22.1 Å². The number of benzene rings is 1. The van der Waals surface area contributed by atoms with Crippen molar-refractivity contribution in [1.29, 1.82) is 0 Å². The summed E-state index contributed by atoms with van der Waals surface area (Å²) in [5.74, 6) is 0. The molecule has 0 amide bonds. The molecule has 1 N–H and O–H groups in total. The summed E-state index contributed by atoms with van der Waals surface area (Å²) in [6.07, 6.45) is -2.69. The average Bonchev–Trinajstić information content (AvgIpc) is 3.11. The van der Waals surface area contributed by atoms with Crippen LogP contribution in [0.1, 0.15) is 32.4 Å². The minimum Gasteiger partial charge on any atom is -0.308 e. The fourth-order valence-electron chi connectivity index (χ4n) is 2.81. The highest BCUT2D eigenvalue weighted by Gasteiger charge is 2.33. The predicted octanol–water partition coefficient (Wildman–Crippen LogP) is 4.56. The van der Waals surface area contributed by atoms with Crippen molar-refractivity contribution in [2.45, 2.75) is 40.0 Å². The lowest BCUT2D eigenvalue weighted by Gasteiger charge is -2.15. The number of halogens is 3. The molecule has 0 saturated carbocycles. The SMILES string of the molecule is Cc1cc(C)n(-c2ccc(CNCc3cnc(C)s3)c(C(F)(F)F)c2)n1. The number of nitrogens with zero attached hydrogens (tertiary/aromatic N) is 3. The van der Waals surface area contributed by atoms with Gasteiger partial charge in [0.1, 0.15) is 0 Å². The highest BCUT2D eigenvalue weighted by Crippen LogP contribution is 2.33. The Labute approximate surface area is 153 Å². The Morgan fingerprint density at radius 1 is 1.12 bits per heavy atom. The van der Waals surface area contributed by atoms with Crippen molar-refractivity contribution >= 4 is 11.3 Å². The second-order valence-electron chi connectivity index (χ2n) is 6.13. The predicted molar refractivity (Wildman–Crippen MR) is 95.4 cm³/mol. The number of hydrogen-bond acceptors (Lipinski definition) is 4. The Kier molecular flexibility index (Phi) is 5.15. The summed E-state index contributed by atoms with van der Waals surface area (Å²) >= 11 is 1.53. The Bertz CT molecular complexity index is 912. The van der Waals surface area contributed by atoms with Crippen molar-refractivity contribution in [3.05, 3.63) is 62.9 Å². The standard InChI is InChI=1S/C18H19F3N4S/c1-11-6-12(2)25(24-11)15-5-4-14(17(7-15)18(19,20)21)8-22-9-16-10-23-13(3)26-16/h4-7,10,22H,8-9H2,1-3H3. The molecule has 0 atom stereocenters. The molecule has 138 valence electrons. The molecule has 0 spiro atoms. The van der Waals surface area contributed by atoms with Gasteiger partial charge in [0, 0.05) is 29.9 Å². The van der Waals surface area contributed by atoms with E-state index in [4.69, 9.17) is 0 Å². The maximum Gasteiger partial charge on any atom is 0.416 e. The topological polar surface area (TPSA) is 42.7 Å². The molecule has 26 heavy (non-hydrogen) atoms. The van der Waals surface area contributed by atoms with Gasteiger partial charge in [0.25, 0.3) is 0 Å². The molecule has 0 aliphatic heterocycles. The second-order valence-corrected chi connectivity index (χ2v) is 7.45. The fourth-order valence-corrected chi connectivity index (χ4v) is 3.58. The van der Waals surface area contributed by atoms with Gasteiger partial charge < -0.3 is 5.32 Å². The number of rotatable bonds is 5. The highest BCUT2D eigenvalue weighted by molar-refractivity contribution is 7.11. The van der Waals surface area contributed by atoms with Crippen LogP contribution in [0.15, 0.2) is 30.5 Å². The Morgan fingerprint density at radius 2 is 1.88 bits per heavy atom. The summed E-state index contributed by atoms with van der Waals surface area (Å²) < 4.78 is 42.1. The molecule has 2 aromatic heterocycles. The van der Waals surface area contributed by atoms with E-state index in [1.807, 2.05) is 26.8 Å². The average molecular weight is 380 g/mol.